The third kappa shape index (κ3) is 6.09. The monoisotopic (exact) mass is 450 g/mol. The van der Waals surface area contributed by atoms with Crippen LogP contribution < -0.4 is 0 Å². The van der Waals surface area contributed by atoms with Gasteiger partial charge in [-0.2, -0.15) is 0 Å². The van der Waals surface area contributed by atoms with Gasteiger partial charge < -0.3 is 0 Å². The fraction of sp³-hybridized carbons (Fsp3) is 0.600. The zero-order chi connectivity index (χ0) is 11.3. The van der Waals surface area contributed by atoms with E-state index in [9.17, 15) is 0 Å². The van der Waals surface area contributed by atoms with Crippen LogP contribution in [-0.4, -0.2) is 13.4 Å². The summed E-state index contributed by atoms with van der Waals surface area (Å²) in [6, 6.07) is 0. The van der Waals surface area contributed by atoms with Gasteiger partial charge in [0.2, 0.25) is 0 Å². The first-order valence-electron chi connectivity index (χ1n) is 4.24. The Kier molecular flexibility index (Phi) is 8.40. The van der Waals surface area contributed by atoms with E-state index in [-0.39, 0.29) is 8.56 Å². The van der Waals surface area contributed by atoms with E-state index < -0.39 is 0 Å². The fourth-order valence-electron chi connectivity index (χ4n) is 0.825. The Morgan fingerprint density at radius 2 is 1.71 bits per heavy atom. The maximum Gasteiger partial charge on any atom is 0.0860 e. The Labute approximate surface area is 120 Å². The van der Waals surface area contributed by atoms with Crippen LogP contribution in [0, 0.1) is 0 Å². The van der Waals surface area contributed by atoms with Gasteiger partial charge in [-0.25, -0.2) is 0 Å². The van der Waals surface area contributed by atoms with Crippen molar-refractivity contribution in [1.82, 2.24) is 0 Å². The first kappa shape index (κ1) is 15.4. The van der Waals surface area contributed by atoms with Crippen LogP contribution in [0.2, 0.25) is 0 Å². The molecule has 0 saturated carbocycles. The molecule has 14 heavy (non-hydrogen) atoms. The highest BCUT2D eigenvalue weighted by molar-refractivity contribution is 9.25. The first-order chi connectivity index (χ1) is 6.36. The predicted octanol–water partition coefficient (Wildman–Crippen LogP) is 5.54. The third-order valence-electron chi connectivity index (χ3n) is 1.71. The van der Waals surface area contributed by atoms with Crippen molar-refractivity contribution in [2.45, 2.75) is 33.7 Å². The molecule has 0 saturated heterocycles. The summed E-state index contributed by atoms with van der Waals surface area (Å²) in [7, 11) is 0. The number of alkyl halides is 4. The van der Waals surface area contributed by atoms with Gasteiger partial charge >= 0.3 is 0 Å². The molecule has 0 rings (SSSR count). The van der Waals surface area contributed by atoms with E-state index in [0.717, 1.165) is 12.0 Å². The van der Waals surface area contributed by atoms with Gasteiger partial charge in [0.05, 0.1) is 8.56 Å². The minimum Gasteiger partial charge on any atom is -0.0975 e. The molecular weight excluding hydrogens is 440 g/mol. The van der Waals surface area contributed by atoms with E-state index in [1.165, 1.54) is 5.57 Å². The molecule has 0 N–H and O–H groups in total. The topological polar surface area (TPSA) is 0 Å². The van der Waals surface area contributed by atoms with Gasteiger partial charge in [0.15, 0.2) is 0 Å². The summed E-state index contributed by atoms with van der Waals surface area (Å²) in [6.07, 6.45) is 3.19. The normalized spacial score (nSPS) is 15.1. The number of hydrogen-bond acceptors (Lipinski definition) is 0. The molecule has 4 heteroatoms. The second-order valence-corrected chi connectivity index (χ2v) is 8.59. The molecule has 0 aliphatic carbocycles. The van der Waals surface area contributed by atoms with Crippen molar-refractivity contribution >= 4 is 63.7 Å². The van der Waals surface area contributed by atoms with Crippen molar-refractivity contribution in [3.8, 4) is 0 Å². The highest BCUT2D eigenvalue weighted by Crippen LogP contribution is 2.31. The summed E-state index contributed by atoms with van der Waals surface area (Å²) in [4.78, 5) is 0.553. The molecule has 0 aromatic rings. The molecule has 2 atom stereocenters. The Balaban J connectivity index is 4.19. The van der Waals surface area contributed by atoms with Gasteiger partial charge in [-0.3, -0.25) is 0 Å². The average molecular weight is 454 g/mol. The zero-order valence-corrected chi connectivity index (χ0v) is 14.6. The van der Waals surface area contributed by atoms with Gasteiger partial charge in [-0.05, 0) is 25.8 Å². The van der Waals surface area contributed by atoms with Gasteiger partial charge in [-0.15, -0.1) is 0 Å². The predicted molar refractivity (Wildman–Crippen MR) is 80.3 cm³/mol. The molecule has 0 aromatic heterocycles. The van der Waals surface area contributed by atoms with Crippen LogP contribution in [0.15, 0.2) is 23.8 Å². The van der Waals surface area contributed by atoms with Crippen molar-refractivity contribution in [2.24, 2.45) is 0 Å². The van der Waals surface area contributed by atoms with E-state index in [0.29, 0.717) is 4.83 Å². The van der Waals surface area contributed by atoms with Gasteiger partial charge in [0, 0.05) is 4.83 Å². The average Bonchev–Trinajstić information content (AvgIpc) is 2.11. The van der Waals surface area contributed by atoms with Crippen LogP contribution in [0.4, 0.5) is 0 Å². The number of allylic oxidation sites excluding steroid dienone is 3. The molecule has 0 radical (unpaired) electrons. The van der Waals surface area contributed by atoms with E-state index in [1.807, 2.05) is 0 Å². The number of hydrogen-bond donors (Lipinski definition) is 0. The fourth-order valence-corrected chi connectivity index (χ4v) is 2.65. The molecule has 0 spiro atoms. The van der Waals surface area contributed by atoms with E-state index in [4.69, 9.17) is 0 Å². The van der Waals surface area contributed by atoms with Gasteiger partial charge in [0.1, 0.15) is 0 Å². The van der Waals surface area contributed by atoms with Crippen molar-refractivity contribution in [3.05, 3.63) is 23.8 Å². The largest absolute Gasteiger partial charge is 0.0975 e. The van der Waals surface area contributed by atoms with Crippen LogP contribution in [0.5, 0.6) is 0 Å². The SMILES string of the molecule is C=C(C(Br)CC=C(C)C)C(Br)C(Br)Br. The van der Waals surface area contributed by atoms with Crippen LogP contribution in [0.3, 0.4) is 0 Å². The van der Waals surface area contributed by atoms with Gasteiger partial charge in [0.25, 0.3) is 0 Å². The maximum absolute atomic E-state index is 4.07. The second-order valence-electron chi connectivity index (χ2n) is 3.30. The molecule has 0 amide bonds. The number of halogens is 4. The summed E-state index contributed by atoms with van der Waals surface area (Å²) in [5, 5.41) is 0. The molecule has 82 valence electrons. The molecule has 0 aliphatic rings. The highest BCUT2D eigenvalue weighted by atomic mass is 79.9. The standard InChI is InChI=1S/C10H14Br4/c1-6(2)4-5-8(11)7(3)9(12)10(13)14/h4,8-10H,3,5H2,1-2H3. The number of rotatable bonds is 5. The summed E-state index contributed by atoms with van der Waals surface area (Å²) in [6.45, 7) is 8.28. The minimum atomic E-state index is 0.217. The molecule has 2 unspecified atom stereocenters. The molecule has 0 heterocycles. The summed E-state index contributed by atoms with van der Waals surface area (Å²) < 4.78 is 0.217. The van der Waals surface area contributed by atoms with E-state index in [2.05, 4.69) is 90.2 Å². The van der Waals surface area contributed by atoms with E-state index >= 15 is 0 Å². The lowest BCUT2D eigenvalue weighted by Crippen LogP contribution is -2.16. The lowest BCUT2D eigenvalue weighted by Gasteiger charge is -2.18. The maximum atomic E-state index is 4.07. The lowest BCUT2D eigenvalue weighted by molar-refractivity contribution is 0.954. The lowest BCUT2D eigenvalue weighted by atomic mass is 10.1. The van der Waals surface area contributed by atoms with Crippen molar-refractivity contribution < 1.29 is 0 Å². The molecule has 0 aromatic carbocycles. The summed E-state index contributed by atoms with van der Waals surface area (Å²) >= 11 is 14.1. The first-order valence-corrected chi connectivity index (χ1v) is 7.90. The van der Waals surface area contributed by atoms with Crippen molar-refractivity contribution in [1.29, 1.82) is 0 Å². The Hall–Kier alpha value is 1.40. The molecular formula is C10H14Br4. The Morgan fingerprint density at radius 3 is 2.07 bits per heavy atom. The summed E-state index contributed by atoms with van der Waals surface area (Å²) in [5.41, 5.74) is 2.48. The van der Waals surface area contributed by atoms with Crippen LogP contribution in [-0.2, 0) is 0 Å². The van der Waals surface area contributed by atoms with Crippen molar-refractivity contribution in [2.75, 3.05) is 0 Å². The van der Waals surface area contributed by atoms with E-state index in [1.54, 1.807) is 0 Å². The molecule has 0 aliphatic heterocycles. The van der Waals surface area contributed by atoms with Gasteiger partial charge in [-0.1, -0.05) is 81.9 Å². The Bertz CT molecular complexity index is 216. The van der Waals surface area contributed by atoms with Crippen LogP contribution in [0.25, 0.3) is 0 Å². The highest BCUT2D eigenvalue weighted by Gasteiger charge is 2.20. The quantitative estimate of drug-likeness (QED) is 0.378. The zero-order valence-electron chi connectivity index (χ0n) is 8.24. The molecule has 0 nitrogen and oxygen atoms in total. The van der Waals surface area contributed by atoms with Crippen molar-refractivity contribution in [3.63, 3.8) is 0 Å². The third-order valence-corrected chi connectivity index (χ3v) is 6.27. The second kappa shape index (κ2) is 7.64. The molecule has 0 fully saturated rings. The van der Waals surface area contributed by atoms with Crippen LogP contribution in [0.1, 0.15) is 20.3 Å². The smallest absolute Gasteiger partial charge is 0.0860 e. The minimum absolute atomic E-state index is 0.217. The Morgan fingerprint density at radius 1 is 1.21 bits per heavy atom. The van der Waals surface area contributed by atoms with Crippen LogP contribution >= 0.6 is 63.7 Å². The molecule has 0 bridgehead atoms. The summed E-state index contributed by atoms with van der Waals surface area (Å²) in [5.74, 6) is 0.